The minimum atomic E-state index is -0.511. The Balaban J connectivity index is 1.34. The highest BCUT2D eigenvalue weighted by molar-refractivity contribution is 5.68. The van der Waals surface area contributed by atoms with Gasteiger partial charge < -0.3 is 15.2 Å². The third-order valence-electron chi connectivity index (χ3n) is 6.38. The van der Waals surface area contributed by atoms with Crippen molar-refractivity contribution in [2.45, 2.75) is 102 Å². The highest BCUT2D eigenvalue weighted by Gasteiger charge is 2.37. The summed E-state index contributed by atoms with van der Waals surface area (Å²) in [4.78, 5) is 18.8. The van der Waals surface area contributed by atoms with Crippen molar-refractivity contribution in [2.75, 3.05) is 13.1 Å². The Morgan fingerprint density at radius 1 is 1.27 bits per heavy atom. The highest BCUT2D eigenvalue weighted by Crippen LogP contribution is 2.36. The zero-order valence-electron chi connectivity index (χ0n) is 18.9. The normalized spacial score (nSPS) is 27.7. The first-order valence-electron chi connectivity index (χ1n) is 11.6. The molecule has 0 aromatic carbocycles. The lowest BCUT2D eigenvalue weighted by Crippen LogP contribution is -2.44. The average molecular weight is 418 g/mol. The molecule has 30 heavy (non-hydrogen) atoms. The van der Waals surface area contributed by atoms with Crippen molar-refractivity contribution in [2.24, 2.45) is 0 Å². The van der Waals surface area contributed by atoms with Gasteiger partial charge in [0.15, 0.2) is 0 Å². The van der Waals surface area contributed by atoms with Crippen LogP contribution in [0.4, 0.5) is 4.79 Å². The summed E-state index contributed by atoms with van der Waals surface area (Å²) < 4.78 is 5.61. The summed E-state index contributed by atoms with van der Waals surface area (Å²) in [6, 6.07) is 6.54. The lowest BCUT2D eigenvalue weighted by Gasteiger charge is -2.39. The standard InChI is InChI=1S/C24H39N3O3/c1-23(2,3)26-22(28)30-21-12-17-27(18-21)20-10-14-24(29,15-11-20)13-6-4-8-19-9-5-7-16-25-19/h5,7,9,16,20-21,29H,4,6,8,10-15,17-18H2,1-3H3,(H,26,28)/t20?,21-,24?/m1/s1. The van der Waals surface area contributed by atoms with E-state index in [9.17, 15) is 9.90 Å². The molecule has 0 radical (unpaired) electrons. The van der Waals surface area contributed by atoms with Crippen LogP contribution in [0.2, 0.25) is 0 Å². The summed E-state index contributed by atoms with van der Waals surface area (Å²) in [5.74, 6) is 0. The number of aliphatic hydroxyl groups is 1. The van der Waals surface area contributed by atoms with Gasteiger partial charge in [0.2, 0.25) is 0 Å². The number of amides is 1. The molecule has 1 saturated carbocycles. The third kappa shape index (κ3) is 7.24. The van der Waals surface area contributed by atoms with E-state index < -0.39 is 5.60 Å². The maximum Gasteiger partial charge on any atom is 0.407 e. The van der Waals surface area contributed by atoms with Crippen LogP contribution in [0.1, 0.15) is 77.8 Å². The minimum absolute atomic E-state index is 0.0280. The third-order valence-corrected chi connectivity index (χ3v) is 6.38. The second-order valence-corrected chi connectivity index (χ2v) is 10.2. The molecule has 0 bridgehead atoms. The van der Waals surface area contributed by atoms with Gasteiger partial charge in [-0.15, -0.1) is 0 Å². The van der Waals surface area contributed by atoms with E-state index in [1.165, 1.54) is 0 Å². The van der Waals surface area contributed by atoms with Crippen molar-refractivity contribution in [3.63, 3.8) is 0 Å². The first-order chi connectivity index (χ1) is 14.2. The Morgan fingerprint density at radius 3 is 2.70 bits per heavy atom. The van der Waals surface area contributed by atoms with Gasteiger partial charge in [0.25, 0.3) is 0 Å². The molecule has 1 amide bonds. The number of hydrogen-bond donors (Lipinski definition) is 2. The monoisotopic (exact) mass is 417 g/mol. The van der Waals surface area contributed by atoms with Crippen LogP contribution in [0.3, 0.4) is 0 Å². The predicted octanol–water partition coefficient (Wildman–Crippen LogP) is 4.07. The number of aryl methyl sites for hydroxylation is 1. The van der Waals surface area contributed by atoms with E-state index in [0.29, 0.717) is 6.04 Å². The number of aromatic nitrogens is 1. The zero-order valence-corrected chi connectivity index (χ0v) is 18.9. The number of likely N-dealkylation sites (tertiary alicyclic amines) is 1. The average Bonchev–Trinajstić information content (AvgIpc) is 3.13. The number of nitrogens with zero attached hydrogens (tertiary/aromatic N) is 2. The summed E-state index contributed by atoms with van der Waals surface area (Å²) in [6.45, 7) is 7.65. The maximum atomic E-state index is 12.0. The van der Waals surface area contributed by atoms with Gasteiger partial charge in [-0.3, -0.25) is 9.88 Å². The molecule has 2 fully saturated rings. The van der Waals surface area contributed by atoms with E-state index in [1.54, 1.807) is 0 Å². The lowest BCUT2D eigenvalue weighted by atomic mass is 9.78. The Morgan fingerprint density at radius 2 is 2.03 bits per heavy atom. The van der Waals surface area contributed by atoms with Crippen molar-refractivity contribution in [3.8, 4) is 0 Å². The smallest absolute Gasteiger partial charge is 0.407 e. The second-order valence-electron chi connectivity index (χ2n) is 10.2. The van der Waals surface area contributed by atoms with Gasteiger partial charge in [0.1, 0.15) is 6.10 Å². The SMILES string of the molecule is CC(C)(C)NC(=O)O[C@@H]1CCN(C2CCC(O)(CCCCc3ccccn3)CC2)C1. The molecule has 1 aliphatic heterocycles. The van der Waals surface area contributed by atoms with E-state index in [4.69, 9.17) is 4.74 Å². The zero-order chi connectivity index (χ0) is 21.6. The Kier molecular flexibility index (Phi) is 7.75. The molecule has 6 heteroatoms. The Bertz CT molecular complexity index is 666. The van der Waals surface area contributed by atoms with Crippen molar-refractivity contribution in [1.82, 2.24) is 15.2 Å². The van der Waals surface area contributed by atoms with Crippen LogP contribution in [0.15, 0.2) is 24.4 Å². The van der Waals surface area contributed by atoms with Crippen LogP contribution in [-0.4, -0.2) is 57.5 Å². The number of alkyl carbamates (subject to hydrolysis) is 1. The van der Waals surface area contributed by atoms with Gasteiger partial charge in [0.05, 0.1) is 5.60 Å². The number of hydrogen-bond acceptors (Lipinski definition) is 5. The van der Waals surface area contributed by atoms with Gasteiger partial charge in [-0.2, -0.15) is 0 Å². The van der Waals surface area contributed by atoms with Gasteiger partial charge in [0, 0.05) is 36.6 Å². The number of nitrogens with one attached hydrogen (secondary N) is 1. The fourth-order valence-electron chi connectivity index (χ4n) is 4.73. The fourth-order valence-corrected chi connectivity index (χ4v) is 4.73. The molecule has 1 saturated heterocycles. The summed E-state index contributed by atoms with van der Waals surface area (Å²) in [7, 11) is 0. The summed E-state index contributed by atoms with van der Waals surface area (Å²) in [5.41, 5.74) is 0.346. The van der Waals surface area contributed by atoms with Gasteiger partial charge >= 0.3 is 6.09 Å². The van der Waals surface area contributed by atoms with Crippen LogP contribution in [0, 0.1) is 0 Å². The van der Waals surface area contributed by atoms with Crippen LogP contribution >= 0.6 is 0 Å². The van der Waals surface area contributed by atoms with Crippen LogP contribution in [0.5, 0.6) is 0 Å². The lowest BCUT2D eigenvalue weighted by molar-refractivity contribution is -0.0268. The quantitative estimate of drug-likeness (QED) is 0.654. The Labute approximate surface area is 181 Å². The van der Waals surface area contributed by atoms with Gasteiger partial charge in [-0.25, -0.2) is 4.79 Å². The van der Waals surface area contributed by atoms with Crippen molar-refractivity contribution in [3.05, 3.63) is 30.1 Å². The van der Waals surface area contributed by atoms with E-state index in [0.717, 1.165) is 76.6 Å². The molecule has 0 unspecified atom stereocenters. The number of rotatable bonds is 7. The number of carbonyl (C=O) groups excluding carboxylic acids is 1. The van der Waals surface area contributed by atoms with Crippen LogP contribution < -0.4 is 5.32 Å². The molecule has 168 valence electrons. The van der Waals surface area contributed by atoms with E-state index in [1.807, 2.05) is 39.1 Å². The summed E-state index contributed by atoms with van der Waals surface area (Å²) >= 11 is 0. The fraction of sp³-hybridized carbons (Fsp3) is 0.750. The molecule has 3 rings (SSSR count). The number of pyridine rings is 1. The molecule has 2 aliphatic rings. The molecule has 0 spiro atoms. The number of carbonyl (C=O) groups is 1. The predicted molar refractivity (Wildman–Crippen MR) is 118 cm³/mol. The van der Waals surface area contributed by atoms with E-state index >= 15 is 0 Å². The number of ether oxygens (including phenoxy) is 1. The molecule has 1 aromatic heterocycles. The molecular formula is C24H39N3O3. The maximum absolute atomic E-state index is 12.0. The highest BCUT2D eigenvalue weighted by atomic mass is 16.6. The minimum Gasteiger partial charge on any atom is -0.445 e. The van der Waals surface area contributed by atoms with Crippen molar-refractivity contribution in [1.29, 1.82) is 0 Å². The van der Waals surface area contributed by atoms with Gasteiger partial charge in [-0.1, -0.05) is 12.5 Å². The van der Waals surface area contributed by atoms with Crippen LogP contribution in [0.25, 0.3) is 0 Å². The molecule has 6 nitrogen and oxygen atoms in total. The molecule has 1 atom stereocenters. The molecule has 2 N–H and O–H groups in total. The van der Waals surface area contributed by atoms with E-state index in [2.05, 4.69) is 21.3 Å². The topological polar surface area (TPSA) is 74.7 Å². The molecular weight excluding hydrogens is 378 g/mol. The second kappa shape index (κ2) is 10.1. The van der Waals surface area contributed by atoms with Gasteiger partial charge in [-0.05, 0) is 84.3 Å². The summed E-state index contributed by atoms with van der Waals surface area (Å²) in [5, 5.41) is 13.9. The van der Waals surface area contributed by atoms with Crippen LogP contribution in [-0.2, 0) is 11.2 Å². The van der Waals surface area contributed by atoms with Crippen molar-refractivity contribution < 1.29 is 14.6 Å². The molecule has 2 heterocycles. The first-order valence-corrected chi connectivity index (χ1v) is 11.6. The van der Waals surface area contributed by atoms with E-state index in [-0.39, 0.29) is 17.7 Å². The van der Waals surface area contributed by atoms with Crippen molar-refractivity contribution >= 4 is 6.09 Å². The first kappa shape index (κ1) is 23.0. The largest absolute Gasteiger partial charge is 0.445 e. The Hall–Kier alpha value is -1.66. The molecule has 1 aliphatic carbocycles. The number of unbranched alkanes of at least 4 members (excludes halogenated alkanes) is 1. The summed E-state index contributed by atoms with van der Waals surface area (Å²) in [6.07, 6.45) is 10.2. The molecule has 1 aromatic rings.